The Bertz CT molecular complexity index is 1240. The van der Waals surface area contributed by atoms with Gasteiger partial charge in [-0.05, 0) is 74.0 Å². The summed E-state index contributed by atoms with van der Waals surface area (Å²) < 4.78 is 38.3. The van der Waals surface area contributed by atoms with Crippen LogP contribution in [-0.2, 0) is 14.8 Å². The zero-order valence-electron chi connectivity index (χ0n) is 18.7. The molecule has 2 amide bonds. The van der Waals surface area contributed by atoms with Crippen molar-refractivity contribution in [2.75, 3.05) is 17.9 Å². The van der Waals surface area contributed by atoms with E-state index in [2.05, 4.69) is 15.6 Å². The van der Waals surface area contributed by atoms with Crippen molar-refractivity contribution in [2.24, 2.45) is 0 Å². The summed E-state index contributed by atoms with van der Waals surface area (Å²) in [4.78, 5) is 24.3. The van der Waals surface area contributed by atoms with Crippen molar-refractivity contribution in [1.29, 1.82) is 0 Å². The number of benzene rings is 3. The van der Waals surface area contributed by atoms with Gasteiger partial charge < -0.3 is 9.47 Å². The molecule has 0 aliphatic carbocycles. The molecule has 3 aromatic rings. The third kappa shape index (κ3) is 6.72. The SMILES string of the molecule is CCOc1ccc(S(=O)(=O)Nc2ccc(C(=O)NNC(=O)COc3ccccc3C)cc2)cc1. The molecule has 0 aliphatic heterocycles. The molecular formula is C24H25N3O6S. The van der Waals surface area contributed by atoms with E-state index in [4.69, 9.17) is 9.47 Å². The van der Waals surface area contributed by atoms with Crippen molar-refractivity contribution in [3.05, 3.63) is 83.9 Å². The highest BCUT2D eigenvalue weighted by Crippen LogP contribution is 2.20. The number of ether oxygens (including phenoxy) is 2. The molecule has 0 saturated heterocycles. The first-order valence-corrected chi connectivity index (χ1v) is 11.9. The van der Waals surface area contributed by atoms with Gasteiger partial charge in [0.25, 0.3) is 21.8 Å². The molecule has 0 aromatic heterocycles. The van der Waals surface area contributed by atoms with Crippen LogP contribution in [0.4, 0.5) is 5.69 Å². The highest BCUT2D eigenvalue weighted by molar-refractivity contribution is 7.92. The summed E-state index contributed by atoms with van der Waals surface area (Å²) in [6.07, 6.45) is 0. The number of carbonyl (C=O) groups excluding carboxylic acids is 2. The van der Waals surface area contributed by atoms with E-state index in [9.17, 15) is 18.0 Å². The Morgan fingerprint density at radius 1 is 0.853 bits per heavy atom. The molecule has 3 rings (SSSR count). The van der Waals surface area contributed by atoms with Crippen molar-refractivity contribution in [3.63, 3.8) is 0 Å². The topological polar surface area (TPSA) is 123 Å². The molecule has 0 bridgehead atoms. The minimum absolute atomic E-state index is 0.0772. The predicted molar refractivity (Wildman–Crippen MR) is 127 cm³/mol. The molecule has 3 N–H and O–H groups in total. The number of hydrogen-bond donors (Lipinski definition) is 3. The molecule has 178 valence electrons. The van der Waals surface area contributed by atoms with E-state index in [0.717, 1.165) is 5.56 Å². The van der Waals surface area contributed by atoms with Crippen molar-refractivity contribution < 1.29 is 27.5 Å². The fourth-order valence-electron chi connectivity index (χ4n) is 2.88. The van der Waals surface area contributed by atoms with Gasteiger partial charge in [-0.3, -0.25) is 25.2 Å². The van der Waals surface area contributed by atoms with Gasteiger partial charge >= 0.3 is 0 Å². The molecule has 0 unspecified atom stereocenters. The van der Waals surface area contributed by atoms with E-state index in [1.54, 1.807) is 24.3 Å². The van der Waals surface area contributed by atoms with Crippen LogP contribution < -0.4 is 25.0 Å². The summed E-state index contributed by atoms with van der Waals surface area (Å²) in [6, 6.07) is 19.1. The van der Waals surface area contributed by atoms with Gasteiger partial charge in [0.2, 0.25) is 0 Å². The molecule has 0 aliphatic rings. The van der Waals surface area contributed by atoms with Crippen LogP contribution in [0.2, 0.25) is 0 Å². The summed E-state index contributed by atoms with van der Waals surface area (Å²) in [6.45, 7) is 3.91. The van der Waals surface area contributed by atoms with Gasteiger partial charge in [0.15, 0.2) is 6.61 Å². The fraction of sp³-hybridized carbons (Fsp3) is 0.167. The second kappa shape index (κ2) is 11.2. The smallest absolute Gasteiger partial charge is 0.276 e. The summed E-state index contributed by atoms with van der Waals surface area (Å²) in [7, 11) is -3.81. The van der Waals surface area contributed by atoms with Gasteiger partial charge in [0.1, 0.15) is 11.5 Å². The fourth-order valence-corrected chi connectivity index (χ4v) is 3.94. The Hall–Kier alpha value is -4.05. The lowest BCUT2D eigenvalue weighted by molar-refractivity contribution is -0.123. The van der Waals surface area contributed by atoms with E-state index >= 15 is 0 Å². The van der Waals surface area contributed by atoms with Gasteiger partial charge in [0.05, 0.1) is 11.5 Å². The Morgan fingerprint density at radius 2 is 1.53 bits per heavy atom. The third-order valence-corrected chi connectivity index (χ3v) is 6.01. The summed E-state index contributed by atoms with van der Waals surface area (Å²) in [5.74, 6) is 0.0550. The molecular weight excluding hydrogens is 458 g/mol. The first-order chi connectivity index (χ1) is 16.3. The first kappa shape index (κ1) is 24.6. The average Bonchev–Trinajstić information content (AvgIpc) is 2.83. The lowest BCUT2D eigenvalue weighted by Gasteiger charge is -2.11. The van der Waals surface area contributed by atoms with Crippen molar-refractivity contribution in [1.82, 2.24) is 10.9 Å². The summed E-state index contributed by atoms with van der Waals surface area (Å²) >= 11 is 0. The number of rotatable bonds is 9. The predicted octanol–water partition coefficient (Wildman–Crippen LogP) is 3.03. The summed E-state index contributed by atoms with van der Waals surface area (Å²) in [5.41, 5.74) is 5.95. The van der Waals surface area contributed by atoms with Crippen molar-refractivity contribution >= 4 is 27.5 Å². The van der Waals surface area contributed by atoms with Gasteiger partial charge in [0, 0.05) is 11.3 Å². The van der Waals surface area contributed by atoms with Crippen LogP contribution in [0.5, 0.6) is 11.5 Å². The van der Waals surface area contributed by atoms with Gasteiger partial charge in [-0.2, -0.15) is 0 Å². The number of hydrogen-bond acceptors (Lipinski definition) is 6. The van der Waals surface area contributed by atoms with Crippen LogP contribution >= 0.6 is 0 Å². The number of aryl methyl sites for hydroxylation is 1. The molecule has 34 heavy (non-hydrogen) atoms. The van der Waals surface area contributed by atoms with E-state index in [-0.39, 0.29) is 22.8 Å². The number of amides is 2. The van der Waals surface area contributed by atoms with Crippen LogP contribution in [0.25, 0.3) is 0 Å². The summed E-state index contributed by atoms with van der Waals surface area (Å²) in [5, 5.41) is 0. The number of nitrogens with one attached hydrogen (secondary N) is 3. The maximum atomic E-state index is 12.6. The molecule has 0 atom stereocenters. The lowest BCUT2D eigenvalue weighted by Crippen LogP contribution is -2.43. The maximum Gasteiger partial charge on any atom is 0.276 e. The standard InChI is InChI=1S/C24H25N3O6S/c1-3-32-20-12-14-21(15-13-20)34(30,31)27-19-10-8-18(9-11-19)24(29)26-25-23(28)16-33-22-7-5-4-6-17(22)2/h4-15,27H,3,16H2,1-2H3,(H,25,28)(H,26,29). The normalized spacial score (nSPS) is 10.8. The Morgan fingerprint density at radius 3 is 2.18 bits per heavy atom. The van der Waals surface area contributed by atoms with E-state index in [1.807, 2.05) is 26.0 Å². The zero-order valence-corrected chi connectivity index (χ0v) is 19.5. The number of hydrazine groups is 1. The van der Waals surface area contributed by atoms with E-state index in [0.29, 0.717) is 18.1 Å². The van der Waals surface area contributed by atoms with E-state index < -0.39 is 21.8 Å². The molecule has 10 heteroatoms. The molecule has 0 heterocycles. The second-order valence-electron chi connectivity index (χ2n) is 7.14. The van der Waals surface area contributed by atoms with E-state index in [1.165, 1.54) is 36.4 Å². The molecule has 3 aromatic carbocycles. The average molecular weight is 484 g/mol. The molecule has 9 nitrogen and oxygen atoms in total. The quantitative estimate of drug-likeness (QED) is 0.402. The third-order valence-electron chi connectivity index (χ3n) is 4.61. The lowest BCUT2D eigenvalue weighted by atomic mass is 10.2. The van der Waals surface area contributed by atoms with Crippen LogP contribution in [0, 0.1) is 6.92 Å². The minimum Gasteiger partial charge on any atom is -0.494 e. The molecule has 0 saturated carbocycles. The number of carbonyl (C=O) groups is 2. The van der Waals surface area contributed by atoms with Crippen molar-refractivity contribution in [3.8, 4) is 11.5 Å². The number of anilines is 1. The number of para-hydroxylation sites is 1. The van der Waals surface area contributed by atoms with Crippen LogP contribution in [0.3, 0.4) is 0 Å². The van der Waals surface area contributed by atoms with Crippen LogP contribution in [0.1, 0.15) is 22.8 Å². The largest absolute Gasteiger partial charge is 0.494 e. The Balaban J connectivity index is 1.51. The van der Waals surface area contributed by atoms with Gasteiger partial charge in [-0.1, -0.05) is 18.2 Å². The highest BCUT2D eigenvalue weighted by Gasteiger charge is 2.15. The van der Waals surface area contributed by atoms with Crippen molar-refractivity contribution in [2.45, 2.75) is 18.7 Å². The Labute approximate surface area is 198 Å². The maximum absolute atomic E-state index is 12.6. The molecule has 0 fully saturated rings. The zero-order chi connectivity index (χ0) is 24.6. The van der Waals surface area contributed by atoms with Gasteiger partial charge in [-0.15, -0.1) is 0 Å². The van der Waals surface area contributed by atoms with Crippen LogP contribution in [0.15, 0.2) is 77.7 Å². The van der Waals surface area contributed by atoms with Crippen LogP contribution in [-0.4, -0.2) is 33.4 Å². The molecule has 0 radical (unpaired) electrons. The second-order valence-corrected chi connectivity index (χ2v) is 8.83. The number of sulfonamides is 1. The Kier molecular flexibility index (Phi) is 8.10. The highest BCUT2D eigenvalue weighted by atomic mass is 32.2. The minimum atomic E-state index is -3.81. The monoisotopic (exact) mass is 483 g/mol. The first-order valence-electron chi connectivity index (χ1n) is 10.4. The molecule has 0 spiro atoms. The van der Waals surface area contributed by atoms with Gasteiger partial charge in [-0.25, -0.2) is 8.42 Å².